The Morgan fingerprint density at radius 3 is 2.62 bits per heavy atom. The van der Waals surface area contributed by atoms with Gasteiger partial charge in [-0.05, 0) is 62.3 Å². The van der Waals surface area contributed by atoms with Crippen molar-refractivity contribution in [2.45, 2.75) is 38.0 Å². The molecular formula is C18H24FN3OS. The van der Waals surface area contributed by atoms with E-state index in [1.807, 2.05) is 25.6 Å². The molecule has 0 saturated heterocycles. The Labute approximate surface area is 146 Å². The molecule has 1 N–H and O–H groups in total. The van der Waals surface area contributed by atoms with E-state index in [4.69, 9.17) is 0 Å². The maximum absolute atomic E-state index is 12.8. The van der Waals surface area contributed by atoms with Crippen molar-refractivity contribution in [3.63, 3.8) is 0 Å². The van der Waals surface area contributed by atoms with E-state index >= 15 is 0 Å². The third-order valence-electron chi connectivity index (χ3n) is 3.99. The molecule has 6 heteroatoms. The standard InChI is InChI=1S/C18H24FN3OS/c1-13-17(14(2)22(3)21-13)9-10-18(23)20-11-4-12-24-16-7-5-15(19)6-8-16/h5-8H,4,9-12H2,1-3H3,(H,20,23). The zero-order valence-electron chi connectivity index (χ0n) is 14.4. The largest absolute Gasteiger partial charge is 0.356 e. The minimum atomic E-state index is -0.217. The normalized spacial score (nSPS) is 10.8. The number of benzene rings is 1. The molecule has 130 valence electrons. The first-order chi connectivity index (χ1) is 11.5. The zero-order valence-corrected chi connectivity index (χ0v) is 15.3. The lowest BCUT2D eigenvalue weighted by Gasteiger charge is -2.06. The van der Waals surface area contributed by atoms with Crippen LogP contribution >= 0.6 is 11.8 Å². The molecule has 2 rings (SSSR count). The number of thioether (sulfide) groups is 1. The summed E-state index contributed by atoms with van der Waals surface area (Å²) in [5, 5.41) is 7.32. The maximum atomic E-state index is 12.8. The molecule has 0 bridgehead atoms. The Kier molecular flexibility index (Phi) is 6.85. The van der Waals surface area contributed by atoms with Gasteiger partial charge in [0, 0.05) is 30.6 Å². The molecule has 0 radical (unpaired) electrons. The summed E-state index contributed by atoms with van der Waals surface area (Å²) in [4.78, 5) is 13.0. The fraction of sp³-hybridized carbons (Fsp3) is 0.444. The van der Waals surface area contributed by atoms with Crippen molar-refractivity contribution in [1.82, 2.24) is 15.1 Å². The smallest absolute Gasteiger partial charge is 0.220 e. The van der Waals surface area contributed by atoms with Gasteiger partial charge in [-0.1, -0.05) is 0 Å². The second kappa shape index (κ2) is 8.87. The van der Waals surface area contributed by atoms with Gasteiger partial charge in [-0.15, -0.1) is 11.8 Å². The van der Waals surface area contributed by atoms with Crippen LogP contribution in [0.4, 0.5) is 4.39 Å². The number of hydrogen-bond acceptors (Lipinski definition) is 3. The predicted molar refractivity (Wildman–Crippen MR) is 95.8 cm³/mol. The van der Waals surface area contributed by atoms with Crippen LogP contribution < -0.4 is 5.32 Å². The van der Waals surface area contributed by atoms with Crippen LogP contribution in [0.25, 0.3) is 0 Å². The number of amides is 1. The molecule has 0 spiro atoms. The fourth-order valence-corrected chi connectivity index (χ4v) is 3.38. The summed E-state index contributed by atoms with van der Waals surface area (Å²) in [6, 6.07) is 6.48. The number of hydrogen-bond donors (Lipinski definition) is 1. The molecule has 0 atom stereocenters. The Bertz CT molecular complexity index is 682. The van der Waals surface area contributed by atoms with Crippen molar-refractivity contribution in [3.05, 3.63) is 47.0 Å². The quantitative estimate of drug-likeness (QED) is 0.587. The van der Waals surface area contributed by atoms with Crippen LogP contribution in [0.15, 0.2) is 29.2 Å². The molecule has 0 saturated carbocycles. The highest BCUT2D eigenvalue weighted by Gasteiger charge is 2.11. The zero-order chi connectivity index (χ0) is 17.5. The van der Waals surface area contributed by atoms with E-state index in [-0.39, 0.29) is 11.7 Å². The Hall–Kier alpha value is -1.82. The van der Waals surface area contributed by atoms with E-state index < -0.39 is 0 Å². The summed E-state index contributed by atoms with van der Waals surface area (Å²) >= 11 is 1.67. The number of carbonyl (C=O) groups is 1. The SMILES string of the molecule is Cc1nn(C)c(C)c1CCC(=O)NCCCSc1ccc(F)cc1. The van der Waals surface area contributed by atoms with Crippen molar-refractivity contribution in [2.75, 3.05) is 12.3 Å². The van der Waals surface area contributed by atoms with Gasteiger partial charge in [-0.25, -0.2) is 4.39 Å². The number of aromatic nitrogens is 2. The summed E-state index contributed by atoms with van der Waals surface area (Å²) in [5.41, 5.74) is 3.29. The highest BCUT2D eigenvalue weighted by Crippen LogP contribution is 2.18. The topological polar surface area (TPSA) is 46.9 Å². The number of nitrogens with one attached hydrogen (secondary N) is 1. The average Bonchev–Trinajstić information content (AvgIpc) is 2.79. The van der Waals surface area contributed by atoms with Gasteiger partial charge in [-0.3, -0.25) is 9.48 Å². The molecule has 0 aliphatic heterocycles. The van der Waals surface area contributed by atoms with E-state index in [1.54, 1.807) is 23.9 Å². The third kappa shape index (κ3) is 5.37. The van der Waals surface area contributed by atoms with Gasteiger partial charge < -0.3 is 5.32 Å². The Balaban J connectivity index is 1.62. The summed E-state index contributed by atoms with van der Waals surface area (Å²) < 4.78 is 14.7. The summed E-state index contributed by atoms with van der Waals surface area (Å²) in [6.45, 7) is 4.67. The van der Waals surface area contributed by atoms with E-state index in [9.17, 15) is 9.18 Å². The first-order valence-corrected chi connectivity index (χ1v) is 9.10. The monoisotopic (exact) mass is 349 g/mol. The van der Waals surface area contributed by atoms with E-state index in [2.05, 4.69) is 10.4 Å². The maximum Gasteiger partial charge on any atom is 0.220 e. The molecular weight excluding hydrogens is 325 g/mol. The van der Waals surface area contributed by atoms with E-state index in [1.165, 1.54) is 17.7 Å². The van der Waals surface area contributed by atoms with Gasteiger partial charge >= 0.3 is 0 Å². The molecule has 0 aliphatic rings. The van der Waals surface area contributed by atoms with Gasteiger partial charge in [0.05, 0.1) is 5.69 Å². The van der Waals surface area contributed by atoms with Crippen LogP contribution in [0.1, 0.15) is 29.8 Å². The molecule has 0 fully saturated rings. The van der Waals surface area contributed by atoms with Gasteiger partial charge in [0.25, 0.3) is 0 Å². The van der Waals surface area contributed by atoms with Crippen LogP contribution in [-0.4, -0.2) is 28.0 Å². The van der Waals surface area contributed by atoms with Crippen LogP contribution in [0, 0.1) is 19.7 Å². The fourth-order valence-electron chi connectivity index (χ4n) is 2.53. The van der Waals surface area contributed by atoms with Crippen LogP contribution in [0.5, 0.6) is 0 Å². The minimum absolute atomic E-state index is 0.0736. The summed E-state index contributed by atoms with van der Waals surface area (Å²) in [7, 11) is 1.92. The number of rotatable bonds is 8. The second-order valence-electron chi connectivity index (χ2n) is 5.78. The molecule has 4 nitrogen and oxygen atoms in total. The van der Waals surface area contributed by atoms with Crippen molar-refractivity contribution < 1.29 is 9.18 Å². The number of nitrogens with zero attached hydrogens (tertiary/aromatic N) is 2. The molecule has 2 aromatic rings. The number of carbonyl (C=O) groups excluding carboxylic acids is 1. The second-order valence-corrected chi connectivity index (χ2v) is 6.95. The summed E-state index contributed by atoms with van der Waals surface area (Å²) in [5.74, 6) is 0.752. The lowest BCUT2D eigenvalue weighted by atomic mass is 10.1. The van der Waals surface area contributed by atoms with Crippen molar-refractivity contribution in [3.8, 4) is 0 Å². The van der Waals surface area contributed by atoms with Crippen LogP contribution in [-0.2, 0) is 18.3 Å². The molecule has 24 heavy (non-hydrogen) atoms. The molecule has 0 unspecified atom stereocenters. The Morgan fingerprint density at radius 1 is 1.29 bits per heavy atom. The Morgan fingerprint density at radius 2 is 2.00 bits per heavy atom. The molecule has 0 aliphatic carbocycles. The van der Waals surface area contributed by atoms with E-state index in [0.29, 0.717) is 13.0 Å². The first-order valence-electron chi connectivity index (χ1n) is 8.11. The van der Waals surface area contributed by atoms with Gasteiger partial charge in [-0.2, -0.15) is 5.10 Å². The van der Waals surface area contributed by atoms with Crippen LogP contribution in [0.3, 0.4) is 0 Å². The highest BCUT2D eigenvalue weighted by molar-refractivity contribution is 7.99. The number of halogens is 1. The first kappa shape index (κ1) is 18.5. The summed E-state index contributed by atoms with van der Waals surface area (Å²) in [6.07, 6.45) is 2.10. The molecule has 1 amide bonds. The van der Waals surface area contributed by atoms with Crippen LogP contribution in [0.2, 0.25) is 0 Å². The van der Waals surface area contributed by atoms with Gasteiger partial charge in [0.15, 0.2) is 0 Å². The minimum Gasteiger partial charge on any atom is -0.356 e. The molecule has 1 aromatic heterocycles. The van der Waals surface area contributed by atoms with Gasteiger partial charge in [0.1, 0.15) is 5.82 Å². The lowest BCUT2D eigenvalue weighted by Crippen LogP contribution is -2.25. The van der Waals surface area contributed by atoms with Crippen molar-refractivity contribution in [1.29, 1.82) is 0 Å². The average molecular weight is 349 g/mol. The third-order valence-corrected chi connectivity index (χ3v) is 5.08. The highest BCUT2D eigenvalue weighted by atomic mass is 32.2. The predicted octanol–water partition coefficient (Wildman–Crippen LogP) is 3.41. The van der Waals surface area contributed by atoms with Crippen molar-refractivity contribution >= 4 is 17.7 Å². The molecule has 1 heterocycles. The van der Waals surface area contributed by atoms with Crippen molar-refractivity contribution in [2.24, 2.45) is 7.05 Å². The number of aryl methyl sites for hydroxylation is 2. The molecule has 1 aromatic carbocycles. The van der Waals surface area contributed by atoms with E-state index in [0.717, 1.165) is 34.9 Å². The van der Waals surface area contributed by atoms with Gasteiger partial charge in [0.2, 0.25) is 5.91 Å². The lowest BCUT2D eigenvalue weighted by molar-refractivity contribution is -0.121.